The van der Waals surface area contributed by atoms with Gasteiger partial charge in [-0.2, -0.15) is 0 Å². The second-order valence-corrected chi connectivity index (χ2v) is 17.3. The number of rotatable bonds is 6. The predicted octanol–water partition coefficient (Wildman–Crippen LogP) is 3.86. The monoisotopic (exact) mass is 787 g/mol. The Morgan fingerprint density at radius 2 is 1.59 bits per heavy atom. The molecule has 5 aliphatic rings. The van der Waals surface area contributed by atoms with Gasteiger partial charge in [-0.3, -0.25) is 14.4 Å². The second kappa shape index (κ2) is 18.9. The van der Waals surface area contributed by atoms with E-state index in [1.165, 1.54) is 19.1 Å². The second-order valence-electron chi connectivity index (χ2n) is 17.3. The number of aliphatic hydroxyl groups is 3. The van der Waals surface area contributed by atoms with Gasteiger partial charge in [0.1, 0.15) is 24.0 Å². The molecule has 3 N–H and O–H groups in total. The Kier molecular flexibility index (Phi) is 14.9. The molecule has 3 saturated heterocycles. The Morgan fingerprint density at radius 3 is 2.25 bits per heavy atom. The van der Waals surface area contributed by atoms with E-state index in [2.05, 4.69) is 12.7 Å². The summed E-state index contributed by atoms with van der Waals surface area (Å²) in [7, 11) is 4.62. The summed E-state index contributed by atoms with van der Waals surface area (Å²) in [5.41, 5.74) is 1.76. The van der Waals surface area contributed by atoms with Gasteiger partial charge in [0.15, 0.2) is 0 Å². The lowest BCUT2D eigenvalue weighted by atomic mass is 9.75. The lowest BCUT2D eigenvalue weighted by molar-refractivity contribution is -0.302. The molecule has 0 spiro atoms. The third kappa shape index (κ3) is 9.40. The van der Waals surface area contributed by atoms with Crippen LogP contribution in [0.15, 0.2) is 36.0 Å². The molecule has 4 aliphatic heterocycles. The van der Waals surface area contributed by atoms with Crippen molar-refractivity contribution in [1.82, 2.24) is 4.90 Å². The van der Waals surface area contributed by atoms with E-state index in [0.29, 0.717) is 44.9 Å². The van der Waals surface area contributed by atoms with Gasteiger partial charge >= 0.3 is 5.97 Å². The largest absolute Gasteiger partial charge is 0.456 e. The fourth-order valence-corrected chi connectivity index (χ4v) is 9.87. The van der Waals surface area contributed by atoms with Crippen LogP contribution in [0.3, 0.4) is 0 Å². The molecule has 0 radical (unpaired) electrons. The first-order chi connectivity index (χ1) is 26.6. The van der Waals surface area contributed by atoms with Crippen molar-refractivity contribution < 1.29 is 58.2 Å². The van der Waals surface area contributed by atoms with Gasteiger partial charge < -0.3 is 43.9 Å². The van der Waals surface area contributed by atoms with Crippen molar-refractivity contribution in [3.05, 3.63) is 36.0 Å². The van der Waals surface area contributed by atoms with E-state index < -0.39 is 83.9 Å². The summed E-state index contributed by atoms with van der Waals surface area (Å²) in [6, 6.07) is -1.14. The smallest absolute Gasteiger partial charge is 0.329 e. The molecule has 13 heteroatoms. The minimum Gasteiger partial charge on any atom is -0.456 e. The van der Waals surface area contributed by atoms with Crippen LogP contribution in [-0.4, -0.2) is 126 Å². The van der Waals surface area contributed by atoms with E-state index in [4.69, 9.17) is 23.7 Å². The van der Waals surface area contributed by atoms with Gasteiger partial charge in [-0.1, -0.05) is 44.6 Å². The molecule has 4 fully saturated rings. The molecule has 0 aromatic heterocycles. The van der Waals surface area contributed by atoms with Crippen molar-refractivity contribution in [2.24, 2.45) is 35.5 Å². The zero-order valence-electron chi connectivity index (χ0n) is 34.3. The summed E-state index contributed by atoms with van der Waals surface area (Å²) >= 11 is 0. The molecule has 56 heavy (non-hydrogen) atoms. The summed E-state index contributed by atoms with van der Waals surface area (Å²) in [5, 5.41) is 34.3. The molecule has 0 aromatic rings. The van der Waals surface area contributed by atoms with Crippen LogP contribution in [0.1, 0.15) is 91.9 Å². The van der Waals surface area contributed by atoms with Gasteiger partial charge in [0.05, 0.1) is 30.5 Å². The van der Waals surface area contributed by atoms with Crippen LogP contribution in [-0.2, 0) is 42.9 Å². The van der Waals surface area contributed by atoms with E-state index >= 15 is 0 Å². The van der Waals surface area contributed by atoms with Crippen molar-refractivity contribution in [2.75, 3.05) is 27.9 Å². The number of methoxy groups -OCH3 is 3. The summed E-state index contributed by atoms with van der Waals surface area (Å²) in [6.45, 7) is 11.3. The van der Waals surface area contributed by atoms with Gasteiger partial charge in [0.2, 0.25) is 5.79 Å². The van der Waals surface area contributed by atoms with E-state index in [0.717, 1.165) is 11.1 Å². The van der Waals surface area contributed by atoms with Crippen LogP contribution in [0.4, 0.5) is 0 Å². The number of allylic oxidation sites excluding steroid dienone is 4. The van der Waals surface area contributed by atoms with E-state index in [1.807, 2.05) is 19.9 Å². The standard InChI is InChI=1S/C43H65NO12/c1-9-10-29-16-23(2)15-24(3)17-36(53-7)39-37(54-8)18-25(4)43(51,56-39)40(48)41(49)44-14-13-28-21-31(44)42(50)55-38(26(5)33(46)22-34(29)47)30(28)19-27-11-12-32(45)35(20-27)52-6/h9,16,19,24-29,31-33,35-39,45-46,51H,1,10-15,17-18,20-22H2,2-8H3/b23-16+,30-19+. The Morgan fingerprint density at radius 1 is 0.911 bits per heavy atom. The van der Waals surface area contributed by atoms with E-state index in [9.17, 15) is 34.5 Å². The van der Waals surface area contributed by atoms with Gasteiger partial charge in [0, 0.05) is 52.0 Å². The number of aliphatic hydroxyl groups excluding tert-OH is 2. The maximum Gasteiger partial charge on any atom is 0.329 e. The van der Waals surface area contributed by atoms with Gasteiger partial charge in [0.25, 0.3) is 11.7 Å². The number of nitrogens with zero attached hydrogens (tertiary/aromatic N) is 1. The molecule has 1 aliphatic carbocycles. The highest BCUT2D eigenvalue weighted by molar-refractivity contribution is 6.39. The Balaban J connectivity index is 1.58. The van der Waals surface area contributed by atoms with E-state index in [-0.39, 0.29) is 55.4 Å². The van der Waals surface area contributed by atoms with Crippen molar-refractivity contribution in [2.45, 2.75) is 146 Å². The zero-order chi connectivity index (χ0) is 41.1. The van der Waals surface area contributed by atoms with Crippen molar-refractivity contribution in [1.29, 1.82) is 0 Å². The first-order valence-corrected chi connectivity index (χ1v) is 20.5. The number of fused-ring (bicyclic) bond motifs is 5. The van der Waals surface area contributed by atoms with Crippen LogP contribution in [0.5, 0.6) is 0 Å². The Labute approximate surface area is 331 Å². The maximum absolute atomic E-state index is 14.3. The highest BCUT2D eigenvalue weighted by Crippen LogP contribution is 2.43. The van der Waals surface area contributed by atoms with Crippen molar-refractivity contribution >= 4 is 23.4 Å². The maximum atomic E-state index is 14.3. The molecule has 1 saturated carbocycles. The quantitative estimate of drug-likeness (QED) is 0.202. The number of hydrogen-bond acceptors (Lipinski definition) is 12. The van der Waals surface area contributed by atoms with E-state index in [1.54, 1.807) is 27.0 Å². The van der Waals surface area contributed by atoms with Crippen LogP contribution in [0, 0.1) is 35.5 Å². The number of Topliss-reactive ketones (excluding diaryl/α,β-unsaturated/α-hetero) is 2. The van der Waals surface area contributed by atoms with Crippen LogP contribution in [0.2, 0.25) is 0 Å². The average molecular weight is 788 g/mol. The Hall–Kier alpha value is -2.78. The molecule has 4 heterocycles. The molecule has 5 bridgehead atoms. The number of ether oxygens (including phenoxy) is 5. The van der Waals surface area contributed by atoms with Gasteiger partial charge in [-0.15, -0.1) is 6.58 Å². The topological polar surface area (TPSA) is 178 Å². The first-order valence-electron chi connectivity index (χ1n) is 20.5. The van der Waals surface area contributed by atoms with Crippen LogP contribution in [0.25, 0.3) is 0 Å². The molecule has 5 rings (SSSR count). The summed E-state index contributed by atoms with van der Waals surface area (Å²) in [5.74, 6) is -7.92. The number of esters is 1. The lowest BCUT2D eigenvalue weighted by Crippen LogP contribution is -2.64. The average Bonchev–Trinajstić information content (AvgIpc) is 3.27. The first kappa shape index (κ1) is 44.3. The summed E-state index contributed by atoms with van der Waals surface area (Å²) in [4.78, 5) is 57.8. The number of amides is 1. The number of carbonyl (C=O) groups is 4. The lowest BCUT2D eigenvalue weighted by Gasteiger charge is -2.47. The normalized spacial score (nSPS) is 43.8. The molecule has 15 atom stereocenters. The third-order valence-electron chi connectivity index (χ3n) is 13.3. The predicted molar refractivity (Wildman–Crippen MR) is 206 cm³/mol. The van der Waals surface area contributed by atoms with Crippen LogP contribution >= 0.6 is 0 Å². The highest BCUT2D eigenvalue weighted by atomic mass is 16.7. The SMILES string of the molecule is C=CCC1/C=C(\C)CC(C)CC(OC)C2OC(O)(C(=O)C(=O)N3CCC4CC3C(=O)OC(/C4=C/C3CCC(O)C(OC)C3)C(C)C(O)CC1=O)C(C)CC2OC. The number of hydrogen-bond donors (Lipinski definition) is 3. The Bertz CT molecular complexity index is 1510. The van der Waals surface area contributed by atoms with Crippen LogP contribution < -0.4 is 0 Å². The molecule has 0 aromatic carbocycles. The summed E-state index contributed by atoms with van der Waals surface area (Å²) in [6.07, 6.45) is 4.37. The van der Waals surface area contributed by atoms with Crippen molar-refractivity contribution in [3.63, 3.8) is 0 Å². The molecular weight excluding hydrogens is 722 g/mol. The number of piperidine rings is 1. The molecule has 15 unspecified atom stereocenters. The number of ketones is 2. The summed E-state index contributed by atoms with van der Waals surface area (Å²) < 4.78 is 29.8. The molecular formula is C43H65NO12. The van der Waals surface area contributed by atoms with Crippen molar-refractivity contribution in [3.8, 4) is 0 Å². The third-order valence-corrected chi connectivity index (χ3v) is 13.3. The van der Waals surface area contributed by atoms with Gasteiger partial charge in [-0.25, -0.2) is 4.79 Å². The molecule has 314 valence electrons. The fourth-order valence-electron chi connectivity index (χ4n) is 9.87. The van der Waals surface area contributed by atoms with Gasteiger partial charge in [-0.05, 0) is 88.0 Å². The minimum absolute atomic E-state index is 0.0157. The zero-order valence-corrected chi connectivity index (χ0v) is 34.3. The number of carbonyl (C=O) groups excluding carboxylic acids is 4. The highest BCUT2D eigenvalue weighted by Gasteiger charge is 2.57. The molecule has 13 nitrogen and oxygen atoms in total. The fraction of sp³-hybridized carbons (Fsp3) is 0.767. The molecule has 1 amide bonds. The minimum atomic E-state index is -2.51.